The summed E-state index contributed by atoms with van der Waals surface area (Å²) in [4.78, 5) is 26.3. The molecule has 2 aliphatic rings. The zero-order valence-corrected chi connectivity index (χ0v) is 20.9. The summed E-state index contributed by atoms with van der Waals surface area (Å²) in [5.41, 5.74) is 7.40. The molecular formula is C23H28IN5O4. The number of nitrogens with two attached hydrogens (primary N) is 1. The smallest absolute Gasteiger partial charge is 0.254 e. The lowest BCUT2D eigenvalue weighted by molar-refractivity contribution is -0.127. The number of carbonyl (C=O) groups excluding carboxylic acids is 2. The van der Waals surface area contributed by atoms with Crippen LogP contribution in [0.4, 0.5) is 5.82 Å². The van der Waals surface area contributed by atoms with Gasteiger partial charge in [0, 0.05) is 25.2 Å². The van der Waals surface area contributed by atoms with Crippen LogP contribution in [0.3, 0.4) is 0 Å². The van der Waals surface area contributed by atoms with E-state index >= 15 is 0 Å². The summed E-state index contributed by atoms with van der Waals surface area (Å²) >= 11 is 2.16. The number of likely N-dealkylation sites (tertiary alicyclic amines) is 1. The van der Waals surface area contributed by atoms with Crippen molar-refractivity contribution in [3.63, 3.8) is 0 Å². The van der Waals surface area contributed by atoms with Gasteiger partial charge in [0.2, 0.25) is 5.91 Å². The Bertz CT molecular complexity index is 1070. The minimum atomic E-state index is -0.540. The highest BCUT2D eigenvalue weighted by Gasteiger charge is 2.36. The van der Waals surface area contributed by atoms with E-state index in [2.05, 4.69) is 34.5 Å². The van der Waals surface area contributed by atoms with Crippen LogP contribution in [0, 0.1) is 9.49 Å². The van der Waals surface area contributed by atoms with Crippen LogP contribution in [0.25, 0.3) is 11.3 Å². The minimum Gasteiger partial charge on any atom is -0.495 e. The second kappa shape index (κ2) is 9.62. The molecule has 0 radical (unpaired) electrons. The Morgan fingerprint density at radius 1 is 1.21 bits per heavy atom. The molecule has 1 atom stereocenters. The lowest BCUT2D eigenvalue weighted by atomic mass is 9.87. The van der Waals surface area contributed by atoms with Crippen LogP contribution in [-0.2, 0) is 4.79 Å². The van der Waals surface area contributed by atoms with Crippen molar-refractivity contribution in [3.8, 4) is 22.8 Å². The number of rotatable bonds is 6. The van der Waals surface area contributed by atoms with Gasteiger partial charge in [0.1, 0.15) is 28.6 Å². The van der Waals surface area contributed by atoms with Gasteiger partial charge in [-0.3, -0.25) is 9.59 Å². The highest BCUT2D eigenvalue weighted by molar-refractivity contribution is 14.1. The number of hydrogen-bond acceptors (Lipinski definition) is 6. The Morgan fingerprint density at radius 3 is 2.39 bits per heavy atom. The first-order valence-electron chi connectivity index (χ1n) is 10.9. The number of halogens is 1. The van der Waals surface area contributed by atoms with E-state index in [0.29, 0.717) is 53.1 Å². The minimum absolute atomic E-state index is 0.0292. The number of primary amides is 1. The molecule has 2 aromatic rings. The van der Waals surface area contributed by atoms with Gasteiger partial charge in [-0.25, -0.2) is 4.68 Å². The number of anilines is 1. The van der Waals surface area contributed by atoms with Gasteiger partial charge in [-0.2, -0.15) is 5.10 Å². The molecule has 2 amide bonds. The molecule has 3 heterocycles. The number of methoxy groups -OCH3 is 2. The maximum absolute atomic E-state index is 12.5. The SMILES string of the molecule is C=CC(=O)N1CCC(C2CCNc3c(C(N)=O)c(-c4cc(OC)c(I)c(OC)c4)nn32)CC1. The van der Waals surface area contributed by atoms with Crippen molar-refractivity contribution >= 4 is 40.2 Å². The summed E-state index contributed by atoms with van der Waals surface area (Å²) in [6, 6.07) is 3.81. The monoisotopic (exact) mass is 565 g/mol. The summed E-state index contributed by atoms with van der Waals surface area (Å²) in [6.07, 6.45) is 3.99. The van der Waals surface area contributed by atoms with Crippen molar-refractivity contribution in [3.05, 3.63) is 33.9 Å². The summed E-state index contributed by atoms with van der Waals surface area (Å²) in [7, 11) is 3.18. The van der Waals surface area contributed by atoms with Crippen molar-refractivity contribution in [1.82, 2.24) is 14.7 Å². The Balaban J connectivity index is 1.73. The van der Waals surface area contributed by atoms with Gasteiger partial charge in [-0.15, -0.1) is 0 Å². The third-order valence-electron chi connectivity index (χ3n) is 6.49. The second-order valence-electron chi connectivity index (χ2n) is 8.23. The average molecular weight is 565 g/mol. The fourth-order valence-electron chi connectivity index (χ4n) is 4.82. The predicted molar refractivity (Wildman–Crippen MR) is 134 cm³/mol. The molecule has 2 aliphatic heterocycles. The molecule has 4 rings (SSSR count). The zero-order valence-electron chi connectivity index (χ0n) is 18.8. The Morgan fingerprint density at radius 2 is 1.85 bits per heavy atom. The molecule has 10 heteroatoms. The van der Waals surface area contributed by atoms with E-state index in [1.54, 1.807) is 14.2 Å². The molecule has 1 saturated heterocycles. The average Bonchev–Trinajstić information content (AvgIpc) is 3.24. The molecule has 33 heavy (non-hydrogen) atoms. The van der Waals surface area contributed by atoms with E-state index in [9.17, 15) is 9.59 Å². The van der Waals surface area contributed by atoms with E-state index in [1.165, 1.54) is 6.08 Å². The summed E-state index contributed by atoms with van der Waals surface area (Å²) in [6.45, 7) is 5.69. The van der Waals surface area contributed by atoms with E-state index in [0.717, 1.165) is 29.4 Å². The molecule has 0 spiro atoms. The first-order chi connectivity index (χ1) is 15.9. The van der Waals surface area contributed by atoms with Crippen LogP contribution in [0.5, 0.6) is 11.5 Å². The number of benzene rings is 1. The molecule has 9 nitrogen and oxygen atoms in total. The number of nitrogens with one attached hydrogen (secondary N) is 1. The molecule has 1 unspecified atom stereocenters. The third-order valence-corrected chi connectivity index (χ3v) is 7.56. The molecule has 0 aliphatic carbocycles. The number of nitrogens with zero attached hydrogens (tertiary/aromatic N) is 3. The maximum atomic E-state index is 12.5. The molecule has 176 valence electrons. The van der Waals surface area contributed by atoms with E-state index in [1.807, 2.05) is 21.7 Å². The Labute approximate surface area is 206 Å². The second-order valence-corrected chi connectivity index (χ2v) is 9.30. The van der Waals surface area contributed by atoms with Gasteiger partial charge in [0.05, 0.1) is 23.8 Å². The number of piperidine rings is 1. The largest absolute Gasteiger partial charge is 0.495 e. The van der Waals surface area contributed by atoms with Gasteiger partial charge < -0.3 is 25.4 Å². The summed E-state index contributed by atoms with van der Waals surface area (Å²) in [5, 5.41) is 8.23. The first-order valence-corrected chi connectivity index (χ1v) is 12.0. The molecule has 0 bridgehead atoms. The molecule has 1 aromatic carbocycles. The van der Waals surface area contributed by atoms with E-state index in [-0.39, 0.29) is 11.9 Å². The highest BCUT2D eigenvalue weighted by Crippen LogP contribution is 2.42. The van der Waals surface area contributed by atoms with E-state index in [4.69, 9.17) is 20.3 Å². The molecule has 0 saturated carbocycles. The van der Waals surface area contributed by atoms with Crippen LogP contribution < -0.4 is 20.5 Å². The molecule has 3 N–H and O–H groups in total. The standard InChI is InChI=1S/C23H28IN5O4/c1-4-18(30)28-9-6-13(7-10-28)15-5-8-26-23-19(22(25)31)21(27-29(15)23)14-11-16(32-2)20(24)17(12-14)33-3/h4,11-13,15,26H,1,5-10H2,2-3H3,(H2,25,31). The summed E-state index contributed by atoms with van der Waals surface area (Å²) in [5.74, 6) is 1.69. The van der Waals surface area contributed by atoms with Gasteiger partial charge in [0.25, 0.3) is 5.91 Å². The van der Waals surface area contributed by atoms with Gasteiger partial charge >= 0.3 is 0 Å². The number of fused-ring (bicyclic) bond motifs is 1. The zero-order chi connectivity index (χ0) is 23.7. The van der Waals surface area contributed by atoms with Crippen LogP contribution in [-0.4, -0.2) is 60.3 Å². The number of ether oxygens (including phenoxy) is 2. The van der Waals surface area contributed by atoms with Crippen LogP contribution in [0.1, 0.15) is 35.7 Å². The number of amides is 2. The van der Waals surface area contributed by atoms with Crippen LogP contribution in [0.2, 0.25) is 0 Å². The molecule has 1 fully saturated rings. The fraction of sp³-hybridized carbons (Fsp3) is 0.435. The maximum Gasteiger partial charge on any atom is 0.254 e. The molecular weight excluding hydrogens is 537 g/mol. The Hall–Kier alpha value is -2.76. The predicted octanol–water partition coefficient (Wildman–Crippen LogP) is 3.05. The normalized spacial score (nSPS) is 18.3. The van der Waals surface area contributed by atoms with Crippen LogP contribution in [0.15, 0.2) is 24.8 Å². The lowest BCUT2D eigenvalue weighted by Crippen LogP contribution is -2.41. The lowest BCUT2D eigenvalue weighted by Gasteiger charge is -2.38. The van der Waals surface area contributed by atoms with E-state index < -0.39 is 5.91 Å². The van der Waals surface area contributed by atoms with Gasteiger partial charge in [-0.05, 0) is 66.0 Å². The first kappa shape index (κ1) is 23.4. The van der Waals surface area contributed by atoms with Crippen molar-refractivity contribution < 1.29 is 19.1 Å². The quantitative estimate of drug-likeness (QED) is 0.412. The highest BCUT2D eigenvalue weighted by atomic mass is 127. The number of aromatic nitrogens is 2. The Kier molecular flexibility index (Phi) is 6.82. The van der Waals surface area contributed by atoms with Crippen LogP contribution >= 0.6 is 22.6 Å². The van der Waals surface area contributed by atoms with Crippen molar-refractivity contribution in [2.75, 3.05) is 39.2 Å². The van der Waals surface area contributed by atoms with Gasteiger partial charge in [-0.1, -0.05) is 6.58 Å². The van der Waals surface area contributed by atoms with Crippen molar-refractivity contribution in [1.29, 1.82) is 0 Å². The number of carbonyl (C=O) groups is 2. The van der Waals surface area contributed by atoms with Crippen molar-refractivity contribution in [2.45, 2.75) is 25.3 Å². The number of hydrogen-bond donors (Lipinski definition) is 2. The van der Waals surface area contributed by atoms with Crippen molar-refractivity contribution in [2.24, 2.45) is 11.7 Å². The summed E-state index contributed by atoms with van der Waals surface area (Å²) < 4.78 is 13.8. The topological polar surface area (TPSA) is 112 Å². The fourth-order valence-corrected chi connectivity index (χ4v) is 5.57. The van der Waals surface area contributed by atoms with Gasteiger partial charge in [0.15, 0.2) is 0 Å². The molecule has 1 aromatic heterocycles. The third kappa shape index (κ3) is 4.28.